The minimum absolute atomic E-state index is 0.0833. The number of nitrogens with zero attached hydrogens (tertiary/aromatic N) is 1. The molecule has 2 fully saturated rings. The van der Waals surface area contributed by atoms with Crippen LogP contribution in [0.1, 0.15) is 46.1 Å². The largest absolute Gasteiger partial charge is 0.324 e. The lowest BCUT2D eigenvalue weighted by atomic mass is 9.87. The molecule has 0 aliphatic carbocycles. The van der Waals surface area contributed by atoms with Crippen LogP contribution in [0.5, 0.6) is 0 Å². The summed E-state index contributed by atoms with van der Waals surface area (Å²) in [6.07, 6.45) is 1.38. The number of benzene rings is 1. The van der Waals surface area contributed by atoms with Crippen LogP contribution in [0.2, 0.25) is 0 Å². The van der Waals surface area contributed by atoms with Gasteiger partial charge in [-0.15, -0.1) is 11.8 Å². The highest BCUT2D eigenvalue weighted by Gasteiger charge is 2.52. The van der Waals surface area contributed by atoms with Gasteiger partial charge in [-0.05, 0) is 36.5 Å². The van der Waals surface area contributed by atoms with Gasteiger partial charge in [0.1, 0.15) is 6.04 Å². The number of fused-ring (bicyclic) bond motifs is 1. The molecule has 0 saturated carbocycles. The molecule has 23 heavy (non-hydrogen) atoms. The number of amides is 2. The summed E-state index contributed by atoms with van der Waals surface area (Å²) in [4.78, 5) is 26.3. The molecule has 3 rings (SSSR count). The van der Waals surface area contributed by atoms with E-state index in [0.29, 0.717) is 12.2 Å². The van der Waals surface area contributed by atoms with Gasteiger partial charge in [-0.25, -0.2) is 0 Å². The van der Waals surface area contributed by atoms with Gasteiger partial charge in [-0.1, -0.05) is 32.9 Å². The molecule has 2 aliphatic heterocycles. The fourth-order valence-corrected chi connectivity index (χ4v) is 4.73. The fourth-order valence-electron chi connectivity index (χ4n) is 3.29. The second-order valence-electron chi connectivity index (χ2n) is 7.58. The van der Waals surface area contributed by atoms with Crippen molar-refractivity contribution in [2.24, 2.45) is 0 Å². The average molecular weight is 332 g/mol. The highest BCUT2D eigenvalue weighted by molar-refractivity contribution is 8.01. The van der Waals surface area contributed by atoms with E-state index in [4.69, 9.17) is 0 Å². The maximum atomic E-state index is 12.6. The van der Waals surface area contributed by atoms with E-state index < -0.39 is 0 Å². The van der Waals surface area contributed by atoms with Gasteiger partial charge >= 0.3 is 0 Å². The molecule has 1 aromatic carbocycles. The van der Waals surface area contributed by atoms with Crippen LogP contribution in [0.4, 0.5) is 5.69 Å². The van der Waals surface area contributed by atoms with Crippen LogP contribution in [-0.4, -0.2) is 33.4 Å². The van der Waals surface area contributed by atoms with E-state index in [2.05, 4.69) is 33.0 Å². The van der Waals surface area contributed by atoms with Crippen LogP contribution in [-0.2, 0) is 15.0 Å². The quantitative estimate of drug-likeness (QED) is 0.903. The summed E-state index contributed by atoms with van der Waals surface area (Å²) < 4.78 is 0. The summed E-state index contributed by atoms with van der Waals surface area (Å²) in [6.45, 7) is 8.55. The number of anilines is 1. The van der Waals surface area contributed by atoms with E-state index in [1.54, 1.807) is 16.7 Å². The number of hydrogen-bond donors (Lipinski definition) is 1. The zero-order valence-corrected chi connectivity index (χ0v) is 15.0. The molecule has 124 valence electrons. The third-order valence-corrected chi connectivity index (χ3v) is 6.27. The van der Waals surface area contributed by atoms with Crippen molar-refractivity contribution in [3.8, 4) is 0 Å². The lowest BCUT2D eigenvalue weighted by molar-refractivity contribution is -0.135. The first-order chi connectivity index (χ1) is 10.7. The predicted molar refractivity (Wildman–Crippen MR) is 94.5 cm³/mol. The van der Waals surface area contributed by atoms with Crippen molar-refractivity contribution in [1.29, 1.82) is 0 Å². The summed E-state index contributed by atoms with van der Waals surface area (Å²) >= 11 is 1.72. The summed E-state index contributed by atoms with van der Waals surface area (Å²) in [7, 11) is 0. The summed E-state index contributed by atoms with van der Waals surface area (Å²) in [6, 6.07) is 7.60. The van der Waals surface area contributed by atoms with Crippen LogP contribution in [0.15, 0.2) is 24.3 Å². The SMILES string of the molecule is CC(C)(C)c1ccc(NC(=O)C2CSC3(C)CCC(=O)N23)cc1. The Bertz CT molecular complexity index is 635. The molecule has 2 unspecified atom stereocenters. The van der Waals surface area contributed by atoms with Crippen LogP contribution in [0.25, 0.3) is 0 Å². The molecular formula is C18H24N2O2S. The van der Waals surface area contributed by atoms with Gasteiger partial charge < -0.3 is 10.2 Å². The molecule has 1 N–H and O–H groups in total. The molecule has 0 spiro atoms. The summed E-state index contributed by atoms with van der Waals surface area (Å²) in [5, 5.41) is 2.97. The highest BCUT2D eigenvalue weighted by Crippen LogP contribution is 2.47. The highest BCUT2D eigenvalue weighted by atomic mass is 32.2. The fraction of sp³-hybridized carbons (Fsp3) is 0.556. The number of rotatable bonds is 2. The second-order valence-corrected chi connectivity index (χ2v) is 9.08. The van der Waals surface area contributed by atoms with Crippen molar-refractivity contribution in [2.45, 2.75) is 56.9 Å². The minimum Gasteiger partial charge on any atom is -0.324 e. The van der Waals surface area contributed by atoms with Crippen molar-refractivity contribution in [3.63, 3.8) is 0 Å². The third-order valence-electron chi connectivity index (χ3n) is 4.77. The van der Waals surface area contributed by atoms with E-state index in [9.17, 15) is 9.59 Å². The molecule has 2 atom stereocenters. The first kappa shape index (κ1) is 16.4. The average Bonchev–Trinajstić information content (AvgIpc) is 2.96. The Labute approximate surface area is 142 Å². The van der Waals surface area contributed by atoms with E-state index in [0.717, 1.165) is 12.1 Å². The smallest absolute Gasteiger partial charge is 0.248 e. The number of hydrogen-bond acceptors (Lipinski definition) is 3. The lowest BCUT2D eigenvalue weighted by Crippen LogP contribution is -2.48. The summed E-state index contributed by atoms with van der Waals surface area (Å²) in [5.74, 6) is 0.689. The van der Waals surface area contributed by atoms with Crippen molar-refractivity contribution in [3.05, 3.63) is 29.8 Å². The Morgan fingerprint density at radius 1 is 1.30 bits per heavy atom. The maximum absolute atomic E-state index is 12.6. The van der Waals surface area contributed by atoms with E-state index in [1.165, 1.54) is 5.56 Å². The Morgan fingerprint density at radius 3 is 2.57 bits per heavy atom. The monoisotopic (exact) mass is 332 g/mol. The Kier molecular flexibility index (Phi) is 3.95. The van der Waals surface area contributed by atoms with Gasteiger partial charge in [0.2, 0.25) is 11.8 Å². The van der Waals surface area contributed by atoms with Gasteiger partial charge in [0.25, 0.3) is 0 Å². The van der Waals surface area contributed by atoms with Crippen LogP contribution >= 0.6 is 11.8 Å². The van der Waals surface area contributed by atoms with Crippen molar-refractivity contribution >= 4 is 29.3 Å². The van der Waals surface area contributed by atoms with E-state index in [-0.39, 0.29) is 28.1 Å². The van der Waals surface area contributed by atoms with Gasteiger partial charge in [0.15, 0.2) is 0 Å². The second kappa shape index (κ2) is 5.55. The molecule has 2 saturated heterocycles. The minimum atomic E-state index is -0.359. The molecule has 2 amide bonds. The number of nitrogens with one attached hydrogen (secondary N) is 1. The number of carbonyl (C=O) groups is 2. The van der Waals surface area contributed by atoms with Gasteiger partial charge in [-0.3, -0.25) is 9.59 Å². The molecule has 2 heterocycles. The molecular weight excluding hydrogens is 308 g/mol. The van der Waals surface area contributed by atoms with Crippen LogP contribution in [0.3, 0.4) is 0 Å². The van der Waals surface area contributed by atoms with Crippen molar-refractivity contribution in [2.75, 3.05) is 11.1 Å². The molecule has 0 bridgehead atoms. The van der Waals surface area contributed by atoms with Crippen LogP contribution in [0, 0.1) is 0 Å². The zero-order chi connectivity index (χ0) is 16.8. The van der Waals surface area contributed by atoms with Crippen molar-refractivity contribution in [1.82, 2.24) is 4.90 Å². The normalized spacial score (nSPS) is 27.2. The molecule has 0 aromatic heterocycles. The van der Waals surface area contributed by atoms with E-state index >= 15 is 0 Å². The predicted octanol–water partition coefficient (Wildman–Crippen LogP) is 3.38. The van der Waals surface area contributed by atoms with Gasteiger partial charge in [0, 0.05) is 17.9 Å². The van der Waals surface area contributed by atoms with E-state index in [1.807, 2.05) is 24.3 Å². The molecule has 1 aromatic rings. The molecule has 0 radical (unpaired) electrons. The van der Waals surface area contributed by atoms with Crippen LogP contribution < -0.4 is 5.32 Å². The number of thioether (sulfide) groups is 1. The van der Waals surface area contributed by atoms with Gasteiger partial charge in [0.05, 0.1) is 4.87 Å². The Hall–Kier alpha value is -1.49. The first-order valence-corrected chi connectivity index (χ1v) is 9.07. The molecule has 4 nitrogen and oxygen atoms in total. The Morgan fingerprint density at radius 2 is 1.96 bits per heavy atom. The van der Waals surface area contributed by atoms with Crippen molar-refractivity contribution < 1.29 is 9.59 Å². The first-order valence-electron chi connectivity index (χ1n) is 8.08. The molecule has 2 aliphatic rings. The molecule has 5 heteroatoms. The zero-order valence-electron chi connectivity index (χ0n) is 14.2. The third kappa shape index (κ3) is 2.99. The Balaban J connectivity index is 1.71. The number of carbonyl (C=O) groups excluding carboxylic acids is 2. The topological polar surface area (TPSA) is 49.4 Å². The van der Waals surface area contributed by atoms with Gasteiger partial charge in [-0.2, -0.15) is 0 Å². The lowest BCUT2D eigenvalue weighted by Gasteiger charge is -2.29. The summed E-state index contributed by atoms with van der Waals surface area (Å²) in [5.41, 5.74) is 2.11. The maximum Gasteiger partial charge on any atom is 0.248 e. The standard InChI is InChI=1S/C18H24N2O2S/c1-17(2,3)12-5-7-13(8-6-12)19-16(22)14-11-23-18(4)10-9-15(21)20(14)18/h5-8,14H,9-11H2,1-4H3,(H,19,22).